The van der Waals surface area contributed by atoms with E-state index >= 15 is 0 Å². The Morgan fingerprint density at radius 3 is 2.93 bits per heavy atom. The zero-order chi connectivity index (χ0) is 19.4. The first kappa shape index (κ1) is 19.5. The van der Waals surface area contributed by atoms with E-state index in [4.69, 9.17) is 16.3 Å². The van der Waals surface area contributed by atoms with Crippen molar-refractivity contribution in [3.8, 4) is 0 Å². The second kappa shape index (κ2) is 8.59. The number of methoxy groups -OCH3 is 1. The largest absolute Gasteiger partial charge is 0.383 e. The number of allylic oxidation sites excluding steroid dienone is 4. The van der Waals surface area contributed by atoms with E-state index in [2.05, 4.69) is 15.2 Å². The number of anilines is 2. The van der Waals surface area contributed by atoms with Gasteiger partial charge in [-0.25, -0.2) is 4.98 Å². The molecule has 1 atom stereocenters. The number of nitrogens with zero attached hydrogens (tertiary/aromatic N) is 3. The van der Waals surface area contributed by atoms with E-state index in [9.17, 15) is 4.79 Å². The molecule has 0 saturated heterocycles. The van der Waals surface area contributed by atoms with Crippen molar-refractivity contribution in [2.45, 2.75) is 19.4 Å². The Labute approximate surface area is 165 Å². The van der Waals surface area contributed by atoms with Crippen LogP contribution in [0.1, 0.15) is 13.3 Å². The molecular weight excluding hydrogens is 364 g/mol. The molecule has 1 aromatic heterocycles. The number of fused-ring (bicyclic) bond motifs is 1. The summed E-state index contributed by atoms with van der Waals surface area (Å²) in [6.45, 7) is 4.18. The van der Waals surface area contributed by atoms with E-state index in [1.165, 1.54) is 0 Å². The molecule has 0 radical (unpaired) electrons. The van der Waals surface area contributed by atoms with E-state index in [0.717, 1.165) is 35.2 Å². The van der Waals surface area contributed by atoms with E-state index in [0.29, 0.717) is 18.7 Å². The number of nitrogens with one attached hydrogen (secondary N) is 1. The van der Waals surface area contributed by atoms with Crippen molar-refractivity contribution in [1.29, 1.82) is 0 Å². The van der Waals surface area contributed by atoms with Gasteiger partial charge in [0.05, 0.1) is 18.5 Å². The number of aromatic nitrogens is 1. The molecule has 1 unspecified atom stereocenters. The topological polar surface area (TPSA) is 57.7 Å². The molecule has 1 amide bonds. The Hall–Kier alpha value is -2.31. The minimum absolute atomic E-state index is 0.0712. The number of pyridine rings is 1. The molecule has 0 saturated carbocycles. The third kappa shape index (κ3) is 4.34. The Kier molecular flexibility index (Phi) is 6.19. The summed E-state index contributed by atoms with van der Waals surface area (Å²) in [6.07, 6.45) is 8.25. The highest BCUT2D eigenvalue weighted by Crippen LogP contribution is 2.36. The van der Waals surface area contributed by atoms with Gasteiger partial charge in [-0.05, 0) is 42.9 Å². The summed E-state index contributed by atoms with van der Waals surface area (Å²) in [5.74, 6) is 0.762. The Morgan fingerprint density at radius 1 is 1.44 bits per heavy atom. The first-order valence-electron chi connectivity index (χ1n) is 9.04. The molecule has 2 aliphatic rings. The molecular formula is C20H25ClN4O2. The lowest BCUT2D eigenvalue weighted by Crippen LogP contribution is -2.39. The lowest BCUT2D eigenvalue weighted by atomic mass is 10.1. The van der Waals surface area contributed by atoms with Gasteiger partial charge in [-0.3, -0.25) is 4.79 Å². The smallest absolute Gasteiger partial charge is 0.251 e. The molecule has 1 aliphatic heterocycles. The fraction of sp³-hybridized carbons (Fsp3) is 0.400. The van der Waals surface area contributed by atoms with Gasteiger partial charge in [-0.2, -0.15) is 0 Å². The lowest BCUT2D eigenvalue weighted by molar-refractivity contribution is -0.118. The van der Waals surface area contributed by atoms with E-state index < -0.39 is 0 Å². The average Bonchev–Trinajstić information content (AvgIpc) is 3.04. The molecule has 0 spiro atoms. The van der Waals surface area contributed by atoms with Crippen molar-refractivity contribution in [1.82, 2.24) is 9.88 Å². The van der Waals surface area contributed by atoms with Gasteiger partial charge in [0.25, 0.3) is 5.91 Å². The molecule has 27 heavy (non-hydrogen) atoms. The molecule has 7 heteroatoms. The minimum atomic E-state index is -0.337. The maximum atomic E-state index is 12.8. The van der Waals surface area contributed by atoms with Gasteiger partial charge in [-0.1, -0.05) is 11.6 Å². The molecule has 1 aliphatic carbocycles. The highest BCUT2D eigenvalue weighted by molar-refractivity contribution is 6.30. The van der Waals surface area contributed by atoms with Crippen molar-refractivity contribution in [2.75, 3.05) is 44.1 Å². The van der Waals surface area contributed by atoms with Crippen molar-refractivity contribution in [2.24, 2.45) is 0 Å². The van der Waals surface area contributed by atoms with Crippen LogP contribution in [-0.2, 0) is 9.53 Å². The number of hydrogen-bond donors (Lipinski definition) is 1. The molecule has 0 fully saturated rings. The first-order chi connectivity index (χ1) is 13.0. The zero-order valence-corrected chi connectivity index (χ0v) is 16.7. The second-order valence-electron chi connectivity index (χ2n) is 6.57. The molecule has 0 bridgehead atoms. The Balaban J connectivity index is 1.67. The number of rotatable bonds is 7. The van der Waals surface area contributed by atoms with Gasteiger partial charge >= 0.3 is 0 Å². The summed E-state index contributed by atoms with van der Waals surface area (Å²) in [5, 5.41) is 3.76. The number of halogens is 1. The van der Waals surface area contributed by atoms with Crippen LogP contribution >= 0.6 is 11.6 Å². The van der Waals surface area contributed by atoms with Gasteiger partial charge in [0.15, 0.2) is 0 Å². The van der Waals surface area contributed by atoms with E-state index in [1.54, 1.807) is 13.3 Å². The average molecular weight is 389 g/mol. The molecule has 3 rings (SSSR count). The normalized spacial score (nSPS) is 18.4. The monoisotopic (exact) mass is 388 g/mol. The lowest BCUT2D eigenvalue weighted by Gasteiger charge is -2.27. The van der Waals surface area contributed by atoms with Crippen LogP contribution < -0.4 is 10.2 Å². The van der Waals surface area contributed by atoms with Crippen LogP contribution in [0.25, 0.3) is 0 Å². The Morgan fingerprint density at radius 2 is 2.26 bits per heavy atom. The van der Waals surface area contributed by atoms with Crippen LogP contribution in [0.2, 0.25) is 0 Å². The van der Waals surface area contributed by atoms with Gasteiger partial charge in [-0.15, -0.1) is 0 Å². The molecule has 2 heterocycles. The highest BCUT2D eigenvalue weighted by atomic mass is 35.5. The molecule has 6 nitrogen and oxygen atoms in total. The second-order valence-corrected chi connectivity index (χ2v) is 7.06. The summed E-state index contributed by atoms with van der Waals surface area (Å²) in [4.78, 5) is 21.4. The van der Waals surface area contributed by atoms with Gasteiger partial charge in [0, 0.05) is 44.4 Å². The fourth-order valence-electron chi connectivity index (χ4n) is 3.29. The van der Waals surface area contributed by atoms with Gasteiger partial charge in [0.1, 0.15) is 11.9 Å². The zero-order valence-electron chi connectivity index (χ0n) is 15.9. The van der Waals surface area contributed by atoms with Crippen LogP contribution in [0.3, 0.4) is 0 Å². The Bertz CT molecular complexity index is 786. The first-order valence-corrected chi connectivity index (χ1v) is 9.42. The summed E-state index contributed by atoms with van der Waals surface area (Å²) in [5.41, 5.74) is 2.87. The van der Waals surface area contributed by atoms with Crippen molar-refractivity contribution < 1.29 is 9.53 Å². The van der Waals surface area contributed by atoms with Crippen molar-refractivity contribution in [3.63, 3.8) is 0 Å². The van der Waals surface area contributed by atoms with Gasteiger partial charge < -0.3 is 19.9 Å². The fourth-order valence-corrected chi connectivity index (χ4v) is 3.50. The summed E-state index contributed by atoms with van der Waals surface area (Å²) < 4.78 is 5.08. The maximum absolute atomic E-state index is 12.8. The molecule has 1 N–H and O–H groups in total. The quantitative estimate of drug-likeness (QED) is 0.777. The highest BCUT2D eigenvalue weighted by Gasteiger charge is 2.33. The number of carbonyl (C=O) groups is 1. The van der Waals surface area contributed by atoms with Crippen LogP contribution in [0.5, 0.6) is 0 Å². The van der Waals surface area contributed by atoms with Crippen LogP contribution in [0, 0.1) is 0 Å². The molecule has 1 aromatic rings. The predicted molar refractivity (Wildman–Crippen MR) is 109 cm³/mol. The summed E-state index contributed by atoms with van der Waals surface area (Å²) >= 11 is 6.14. The maximum Gasteiger partial charge on any atom is 0.251 e. The van der Waals surface area contributed by atoms with Crippen LogP contribution in [0.15, 0.2) is 52.9 Å². The standard InChI is InChI=1S/C20H25ClN4O2/c1-4-25-17-7-5-15(21)11-14(17)12-18(25)20(26)23-16-6-8-19(22-13-16)24(2)9-10-27-3/h5-8,12-13,18H,4,9-11H2,1-3H3,(H,23,26). The van der Waals surface area contributed by atoms with E-state index in [-0.39, 0.29) is 11.9 Å². The number of amides is 1. The molecule has 144 valence electrons. The minimum Gasteiger partial charge on any atom is -0.383 e. The number of carbonyl (C=O) groups excluding carboxylic acids is 1. The number of hydrogen-bond acceptors (Lipinski definition) is 5. The number of ether oxygens (including phenoxy) is 1. The van der Waals surface area contributed by atoms with Crippen LogP contribution in [0.4, 0.5) is 11.5 Å². The van der Waals surface area contributed by atoms with Crippen molar-refractivity contribution in [3.05, 3.63) is 52.9 Å². The van der Waals surface area contributed by atoms with E-state index in [1.807, 2.05) is 49.2 Å². The van der Waals surface area contributed by atoms with Crippen LogP contribution in [-0.4, -0.2) is 55.7 Å². The predicted octanol–water partition coefficient (Wildman–Crippen LogP) is 3.14. The SMILES string of the molecule is CCN1C2=CC=C(Cl)CC2=CC1C(=O)Nc1ccc(N(C)CCOC)nc1. The van der Waals surface area contributed by atoms with Gasteiger partial charge in [0.2, 0.25) is 0 Å². The summed E-state index contributed by atoms with van der Waals surface area (Å²) in [7, 11) is 3.63. The third-order valence-electron chi connectivity index (χ3n) is 4.76. The third-order valence-corrected chi connectivity index (χ3v) is 5.02. The number of likely N-dealkylation sites (N-methyl/N-ethyl adjacent to an activating group) is 2. The summed E-state index contributed by atoms with van der Waals surface area (Å²) in [6, 6.07) is 3.42. The van der Waals surface area contributed by atoms with Crippen molar-refractivity contribution >= 4 is 29.0 Å². The molecule has 0 aromatic carbocycles.